The minimum Gasteiger partial charge on any atom is -0.378 e. The molecular weight excluding hydrogens is 232 g/mol. The van der Waals surface area contributed by atoms with E-state index in [1.165, 1.54) is 11.8 Å². The molecule has 1 aromatic carbocycles. The Labute approximate surface area is 97.9 Å². The number of benzene rings is 1. The number of hydrogen-bond acceptors (Lipinski definition) is 3. The number of nitrogens with zero attached hydrogens (tertiary/aromatic N) is 1. The van der Waals surface area contributed by atoms with Gasteiger partial charge in [-0.3, -0.25) is 4.79 Å². The molecule has 15 heavy (non-hydrogen) atoms. The zero-order valence-electron chi connectivity index (χ0n) is 7.71. The minimum absolute atomic E-state index is 0. The van der Waals surface area contributed by atoms with Gasteiger partial charge in [-0.15, -0.1) is 12.4 Å². The van der Waals surface area contributed by atoms with Gasteiger partial charge in [-0.2, -0.15) is 4.99 Å². The monoisotopic (exact) mass is 240 g/mol. The average molecular weight is 241 g/mol. The van der Waals surface area contributed by atoms with Gasteiger partial charge in [-0.1, -0.05) is 30.3 Å². The molecule has 1 heterocycles. The first-order valence-electron chi connectivity index (χ1n) is 4.09. The Hall–Kier alpha value is -1.26. The van der Waals surface area contributed by atoms with E-state index in [9.17, 15) is 4.79 Å². The van der Waals surface area contributed by atoms with Crippen molar-refractivity contribution in [3.05, 3.63) is 40.8 Å². The molecule has 1 aliphatic heterocycles. The van der Waals surface area contributed by atoms with Crippen LogP contribution in [0, 0.1) is 0 Å². The molecule has 0 bridgehead atoms. The molecule has 0 fully saturated rings. The summed E-state index contributed by atoms with van der Waals surface area (Å²) in [6, 6.07) is 9.61. The summed E-state index contributed by atoms with van der Waals surface area (Å²) in [6.45, 7) is 0. The Morgan fingerprint density at radius 3 is 2.47 bits per heavy atom. The van der Waals surface area contributed by atoms with Crippen LogP contribution in [0.4, 0.5) is 0 Å². The van der Waals surface area contributed by atoms with E-state index in [4.69, 9.17) is 5.73 Å². The summed E-state index contributed by atoms with van der Waals surface area (Å²) in [5, 5.41) is 0.317. The predicted molar refractivity (Wildman–Crippen MR) is 65.9 cm³/mol. The quantitative estimate of drug-likeness (QED) is 0.765. The van der Waals surface area contributed by atoms with E-state index in [2.05, 4.69) is 4.99 Å². The van der Waals surface area contributed by atoms with E-state index in [0.29, 0.717) is 10.1 Å². The molecule has 0 spiro atoms. The molecule has 0 unspecified atom stereocenters. The summed E-state index contributed by atoms with van der Waals surface area (Å²) in [7, 11) is 0. The molecule has 0 saturated carbocycles. The molecule has 0 aromatic heterocycles. The molecule has 1 aliphatic rings. The smallest absolute Gasteiger partial charge is 0.286 e. The Bertz CT molecular complexity index is 428. The first-order valence-corrected chi connectivity index (χ1v) is 4.90. The molecule has 5 heteroatoms. The zero-order valence-corrected chi connectivity index (χ0v) is 9.35. The van der Waals surface area contributed by atoms with Gasteiger partial charge in [0.15, 0.2) is 5.17 Å². The first-order chi connectivity index (χ1) is 6.75. The highest BCUT2D eigenvalue weighted by Gasteiger charge is 2.18. The van der Waals surface area contributed by atoms with E-state index in [0.717, 1.165) is 5.56 Å². The fraction of sp³-hybridized carbons (Fsp3) is 0. The number of carbonyl (C=O) groups excluding carboxylic acids is 1. The van der Waals surface area contributed by atoms with Gasteiger partial charge in [0.25, 0.3) is 5.91 Å². The van der Waals surface area contributed by atoms with Gasteiger partial charge >= 0.3 is 0 Å². The Balaban J connectivity index is 0.00000112. The third-order valence-electron chi connectivity index (χ3n) is 1.73. The van der Waals surface area contributed by atoms with Crippen LogP contribution in [0.3, 0.4) is 0 Å². The van der Waals surface area contributed by atoms with Crippen molar-refractivity contribution >= 4 is 41.3 Å². The molecular formula is C10H9ClN2OS. The number of amides is 1. The Morgan fingerprint density at radius 2 is 1.93 bits per heavy atom. The van der Waals surface area contributed by atoms with Crippen molar-refractivity contribution in [2.45, 2.75) is 0 Å². The van der Waals surface area contributed by atoms with Crippen molar-refractivity contribution < 1.29 is 4.79 Å². The van der Waals surface area contributed by atoms with Gasteiger partial charge < -0.3 is 5.73 Å². The van der Waals surface area contributed by atoms with Gasteiger partial charge in [0.1, 0.15) is 0 Å². The van der Waals surface area contributed by atoms with Crippen LogP contribution in [0.25, 0.3) is 6.08 Å². The molecule has 1 aromatic rings. The third kappa shape index (κ3) is 2.84. The zero-order chi connectivity index (χ0) is 9.97. The van der Waals surface area contributed by atoms with Crippen molar-refractivity contribution in [2.75, 3.05) is 0 Å². The highest BCUT2D eigenvalue weighted by Crippen LogP contribution is 2.25. The number of hydrogen-bond donors (Lipinski definition) is 1. The van der Waals surface area contributed by atoms with E-state index < -0.39 is 0 Å². The normalized spacial score (nSPS) is 17.5. The van der Waals surface area contributed by atoms with Crippen LogP contribution in [-0.2, 0) is 4.79 Å². The van der Waals surface area contributed by atoms with E-state index >= 15 is 0 Å². The number of carbonyl (C=O) groups is 1. The predicted octanol–water partition coefficient (Wildman–Crippen LogP) is 2.04. The maximum Gasteiger partial charge on any atom is 0.286 e. The van der Waals surface area contributed by atoms with Crippen LogP contribution in [0.5, 0.6) is 0 Å². The van der Waals surface area contributed by atoms with Crippen LogP contribution in [-0.4, -0.2) is 11.1 Å². The lowest BCUT2D eigenvalue weighted by Crippen LogP contribution is -2.01. The molecule has 2 N–H and O–H groups in total. The van der Waals surface area contributed by atoms with Crippen LogP contribution in [0.2, 0.25) is 0 Å². The van der Waals surface area contributed by atoms with Gasteiger partial charge in [-0.05, 0) is 23.4 Å². The van der Waals surface area contributed by atoms with Gasteiger partial charge in [0, 0.05) is 0 Å². The topological polar surface area (TPSA) is 55.4 Å². The SMILES string of the molecule is Cl.NC1=NC(=O)C(=Cc2ccccc2)S1. The first kappa shape index (κ1) is 11.8. The molecule has 0 radical (unpaired) electrons. The maximum atomic E-state index is 11.2. The van der Waals surface area contributed by atoms with Crippen LogP contribution < -0.4 is 5.73 Å². The van der Waals surface area contributed by atoms with Crippen molar-refractivity contribution in [3.63, 3.8) is 0 Å². The number of halogens is 1. The molecule has 2 rings (SSSR count). The number of nitrogens with two attached hydrogens (primary N) is 1. The van der Waals surface area contributed by atoms with Gasteiger partial charge in [0.05, 0.1) is 4.91 Å². The highest BCUT2D eigenvalue weighted by molar-refractivity contribution is 8.18. The number of aliphatic imine (C=N–C) groups is 1. The van der Waals surface area contributed by atoms with Crippen LogP contribution in [0.1, 0.15) is 5.56 Å². The second-order valence-electron chi connectivity index (χ2n) is 2.78. The summed E-state index contributed by atoms with van der Waals surface area (Å²) < 4.78 is 0. The lowest BCUT2D eigenvalue weighted by atomic mass is 10.2. The lowest BCUT2D eigenvalue weighted by Gasteiger charge is -1.93. The second-order valence-corrected chi connectivity index (χ2v) is 3.84. The maximum absolute atomic E-state index is 11.2. The van der Waals surface area contributed by atoms with Crippen molar-refractivity contribution in [1.82, 2.24) is 0 Å². The molecule has 78 valence electrons. The fourth-order valence-corrected chi connectivity index (χ4v) is 1.81. The largest absolute Gasteiger partial charge is 0.378 e. The number of thioether (sulfide) groups is 1. The third-order valence-corrected chi connectivity index (χ3v) is 2.55. The highest BCUT2D eigenvalue weighted by atomic mass is 35.5. The fourth-order valence-electron chi connectivity index (χ4n) is 1.13. The lowest BCUT2D eigenvalue weighted by molar-refractivity contribution is -0.113. The van der Waals surface area contributed by atoms with Gasteiger partial charge in [0.2, 0.25) is 0 Å². The molecule has 0 aliphatic carbocycles. The van der Waals surface area contributed by atoms with Crippen molar-refractivity contribution in [1.29, 1.82) is 0 Å². The number of amidine groups is 1. The summed E-state index contributed by atoms with van der Waals surface area (Å²) in [4.78, 5) is 15.4. The molecule has 0 atom stereocenters. The van der Waals surface area contributed by atoms with Crippen molar-refractivity contribution in [2.24, 2.45) is 10.7 Å². The molecule has 3 nitrogen and oxygen atoms in total. The Kier molecular flexibility index (Phi) is 3.94. The summed E-state index contributed by atoms with van der Waals surface area (Å²) in [5.74, 6) is -0.253. The molecule has 0 saturated heterocycles. The summed E-state index contributed by atoms with van der Waals surface area (Å²) in [6.07, 6.45) is 1.79. The van der Waals surface area contributed by atoms with Crippen molar-refractivity contribution in [3.8, 4) is 0 Å². The molecule has 1 amide bonds. The number of rotatable bonds is 1. The van der Waals surface area contributed by atoms with E-state index in [-0.39, 0.29) is 18.3 Å². The average Bonchev–Trinajstić information content (AvgIpc) is 2.47. The summed E-state index contributed by atoms with van der Waals surface area (Å²) >= 11 is 1.21. The summed E-state index contributed by atoms with van der Waals surface area (Å²) in [5.41, 5.74) is 6.40. The van der Waals surface area contributed by atoms with Gasteiger partial charge in [-0.25, -0.2) is 0 Å². The second kappa shape index (κ2) is 5.00. The van der Waals surface area contributed by atoms with Crippen LogP contribution in [0.15, 0.2) is 40.2 Å². The Morgan fingerprint density at radius 1 is 1.27 bits per heavy atom. The van der Waals surface area contributed by atoms with Crippen LogP contribution >= 0.6 is 24.2 Å². The minimum atomic E-state index is -0.253. The van der Waals surface area contributed by atoms with E-state index in [1.54, 1.807) is 6.08 Å². The standard InChI is InChI=1S/C10H8N2OS.ClH/c11-10-12-9(13)8(14-10)6-7-4-2-1-3-5-7;/h1-6H,(H2,11,12,13);1H. The van der Waals surface area contributed by atoms with E-state index in [1.807, 2.05) is 30.3 Å².